The number of fused-ring (bicyclic) bond motifs is 1. The summed E-state index contributed by atoms with van der Waals surface area (Å²) in [4.78, 5) is 15.3. The van der Waals surface area contributed by atoms with Crippen LogP contribution in [0.15, 0.2) is 18.2 Å². The van der Waals surface area contributed by atoms with Gasteiger partial charge in [0.05, 0.1) is 11.0 Å². The van der Waals surface area contributed by atoms with E-state index in [1.54, 1.807) is 0 Å². The summed E-state index contributed by atoms with van der Waals surface area (Å²) in [7, 11) is 1.96. The molecule has 0 atom stereocenters. The van der Waals surface area contributed by atoms with E-state index in [1.807, 2.05) is 36.7 Å². The molecule has 15 heavy (non-hydrogen) atoms. The molecule has 0 fully saturated rings. The van der Waals surface area contributed by atoms with Crippen LogP contribution in [-0.4, -0.2) is 15.5 Å². The minimum Gasteiger partial charge on any atom is -0.331 e. The highest BCUT2D eigenvalue weighted by molar-refractivity contribution is 5.91. The molecule has 1 amide bonds. The molecule has 2 aromatic rings. The number of hydrogen-bond acceptors (Lipinski definition) is 2. The fourth-order valence-corrected chi connectivity index (χ4v) is 1.59. The van der Waals surface area contributed by atoms with Crippen LogP contribution < -0.4 is 5.32 Å². The van der Waals surface area contributed by atoms with E-state index in [4.69, 9.17) is 0 Å². The molecule has 4 nitrogen and oxygen atoms in total. The maximum Gasteiger partial charge on any atom is 0.221 e. The van der Waals surface area contributed by atoms with E-state index < -0.39 is 0 Å². The van der Waals surface area contributed by atoms with Crippen molar-refractivity contribution in [1.29, 1.82) is 0 Å². The monoisotopic (exact) mass is 203 g/mol. The van der Waals surface area contributed by atoms with Crippen molar-refractivity contribution in [1.82, 2.24) is 9.55 Å². The van der Waals surface area contributed by atoms with Crippen molar-refractivity contribution in [3.05, 3.63) is 24.0 Å². The van der Waals surface area contributed by atoms with Gasteiger partial charge < -0.3 is 9.88 Å². The fraction of sp³-hybridized carbons (Fsp3) is 0.273. The molecule has 2 rings (SSSR count). The first-order chi connectivity index (χ1) is 7.08. The van der Waals surface area contributed by atoms with Gasteiger partial charge in [-0.1, -0.05) is 0 Å². The summed E-state index contributed by atoms with van der Waals surface area (Å²) >= 11 is 0. The molecule has 1 N–H and O–H groups in total. The van der Waals surface area contributed by atoms with E-state index in [-0.39, 0.29) is 5.91 Å². The lowest BCUT2D eigenvalue weighted by atomic mass is 10.2. The maximum absolute atomic E-state index is 10.9. The molecule has 78 valence electrons. The van der Waals surface area contributed by atoms with Gasteiger partial charge in [0.15, 0.2) is 0 Å². The van der Waals surface area contributed by atoms with Gasteiger partial charge in [-0.25, -0.2) is 4.98 Å². The van der Waals surface area contributed by atoms with E-state index >= 15 is 0 Å². The second-order valence-corrected chi connectivity index (χ2v) is 3.60. The molecule has 0 bridgehead atoms. The quantitative estimate of drug-likeness (QED) is 0.768. The van der Waals surface area contributed by atoms with Crippen LogP contribution in [0.2, 0.25) is 0 Å². The Hall–Kier alpha value is -1.84. The van der Waals surface area contributed by atoms with Crippen molar-refractivity contribution in [2.45, 2.75) is 13.8 Å². The third-order valence-corrected chi connectivity index (χ3v) is 2.42. The van der Waals surface area contributed by atoms with Gasteiger partial charge in [-0.3, -0.25) is 4.79 Å². The first-order valence-electron chi connectivity index (χ1n) is 4.78. The van der Waals surface area contributed by atoms with E-state index in [0.29, 0.717) is 0 Å². The van der Waals surface area contributed by atoms with Crippen LogP contribution in [0.4, 0.5) is 5.69 Å². The summed E-state index contributed by atoms with van der Waals surface area (Å²) in [6.07, 6.45) is 0. The Kier molecular flexibility index (Phi) is 2.19. The van der Waals surface area contributed by atoms with Gasteiger partial charge in [0, 0.05) is 19.7 Å². The fourth-order valence-electron chi connectivity index (χ4n) is 1.59. The van der Waals surface area contributed by atoms with Crippen LogP contribution in [0.1, 0.15) is 12.7 Å². The van der Waals surface area contributed by atoms with Crippen LogP contribution in [0, 0.1) is 6.92 Å². The molecule has 1 aromatic heterocycles. The van der Waals surface area contributed by atoms with Crippen molar-refractivity contribution in [3.63, 3.8) is 0 Å². The molecule has 1 heterocycles. The average molecular weight is 203 g/mol. The summed E-state index contributed by atoms with van der Waals surface area (Å²) in [5.41, 5.74) is 2.78. The lowest BCUT2D eigenvalue weighted by Gasteiger charge is -2.02. The lowest BCUT2D eigenvalue weighted by Crippen LogP contribution is -2.05. The van der Waals surface area contributed by atoms with Gasteiger partial charge in [0.1, 0.15) is 5.82 Å². The lowest BCUT2D eigenvalue weighted by molar-refractivity contribution is -0.114. The number of carbonyl (C=O) groups is 1. The van der Waals surface area contributed by atoms with E-state index in [1.165, 1.54) is 6.92 Å². The zero-order chi connectivity index (χ0) is 11.0. The topological polar surface area (TPSA) is 46.9 Å². The smallest absolute Gasteiger partial charge is 0.221 e. The molecule has 0 aliphatic carbocycles. The second-order valence-electron chi connectivity index (χ2n) is 3.60. The van der Waals surface area contributed by atoms with Gasteiger partial charge in [-0.05, 0) is 25.1 Å². The number of nitrogens with one attached hydrogen (secondary N) is 1. The molecule has 4 heteroatoms. The molecule has 1 aromatic carbocycles. The molecule has 0 unspecified atom stereocenters. The van der Waals surface area contributed by atoms with Crippen LogP contribution in [0.25, 0.3) is 11.0 Å². The molecule has 0 saturated heterocycles. The van der Waals surface area contributed by atoms with E-state index in [9.17, 15) is 4.79 Å². The number of aryl methyl sites for hydroxylation is 2. The number of nitrogens with zero attached hydrogens (tertiary/aromatic N) is 2. The summed E-state index contributed by atoms with van der Waals surface area (Å²) in [6, 6.07) is 5.69. The third kappa shape index (κ3) is 1.70. The zero-order valence-corrected chi connectivity index (χ0v) is 9.03. The molecule has 0 aliphatic rings. The van der Waals surface area contributed by atoms with Gasteiger partial charge in [0.2, 0.25) is 5.91 Å². The van der Waals surface area contributed by atoms with Crippen molar-refractivity contribution in [3.8, 4) is 0 Å². The van der Waals surface area contributed by atoms with Crippen LogP contribution in [-0.2, 0) is 11.8 Å². The second kappa shape index (κ2) is 3.38. The highest BCUT2D eigenvalue weighted by atomic mass is 16.1. The largest absolute Gasteiger partial charge is 0.331 e. The predicted octanol–water partition coefficient (Wildman–Crippen LogP) is 1.84. The standard InChI is InChI=1S/C11H13N3O/c1-7-12-10-5-4-9(13-8(2)15)6-11(10)14(7)3/h4-6H,1-3H3,(H,13,15). The number of rotatable bonds is 1. The van der Waals surface area contributed by atoms with E-state index in [2.05, 4.69) is 10.3 Å². The number of hydrogen-bond donors (Lipinski definition) is 1. The maximum atomic E-state index is 10.9. The van der Waals surface area contributed by atoms with Gasteiger partial charge in [-0.15, -0.1) is 0 Å². The Labute approximate surface area is 87.9 Å². The van der Waals surface area contributed by atoms with Crippen LogP contribution in [0.3, 0.4) is 0 Å². The van der Waals surface area contributed by atoms with Gasteiger partial charge in [-0.2, -0.15) is 0 Å². The minimum atomic E-state index is -0.0618. The SMILES string of the molecule is CC(=O)Nc1ccc2nc(C)n(C)c2c1. The first kappa shape index (κ1) is 9.71. The van der Waals surface area contributed by atoms with Crippen molar-refractivity contribution >= 4 is 22.6 Å². The molecular weight excluding hydrogens is 190 g/mol. The number of aromatic nitrogens is 2. The Morgan fingerprint density at radius 3 is 2.87 bits per heavy atom. The summed E-state index contributed by atoms with van der Waals surface area (Å²) in [6.45, 7) is 3.46. The number of imidazole rings is 1. The minimum absolute atomic E-state index is 0.0618. The number of carbonyl (C=O) groups excluding carboxylic acids is 1. The molecule has 0 spiro atoms. The van der Waals surface area contributed by atoms with Crippen LogP contribution in [0.5, 0.6) is 0 Å². The van der Waals surface area contributed by atoms with E-state index in [0.717, 1.165) is 22.5 Å². The Morgan fingerprint density at radius 2 is 2.20 bits per heavy atom. The summed E-state index contributed by atoms with van der Waals surface area (Å²) in [5.74, 6) is 0.901. The summed E-state index contributed by atoms with van der Waals surface area (Å²) < 4.78 is 2.00. The number of anilines is 1. The van der Waals surface area contributed by atoms with Gasteiger partial charge >= 0.3 is 0 Å². The zero-order valence-electron chi connectivity index (χ0n) is 9.03. The van der Waals surface area contributed by atoms with Gasteiger partial charge in [0.25, 0.3) is 0 Å². The molecule has 0 radical (unpaired) electrons. The van der Waals surface area contributed by atoms with Crippen molar-refractivity contribution in [2.24, 2.45) is 7.05 Å². The Morgan fingerprint density at radius 1 is 1.47 bits per heavy atom. The Bertz CT molecular complexity index is 528. The number of amides is 1. The molecular formula is C11H13N3O. The van der Waals surface area contributed by atoms with Crippen LogP contribution >= 0.6 is 0 Å². The highest BCUT2D eigenvalue weighted by Gasteiger charge is 2.04. The predicted molar refractivity (Wildman–Crippen MR) is 59.8 cm³/mol. The number of benzene rings is 1. The third-order valence-electron chi connectivity index (χ3n) is 2.42. The first-order valence-corrected chi connectivity index (χ1v) is 4.78. The van der Waals surface area contributed by atoms with Crippen molar-refractivity contribution in [2.75, 3.05) is 5.32 Å². The highest BCUT2D eigenvalue weighted by Crippen LogP contribution is 2.19. The summed E-state index contributed by atoms with van der Waals surface area (Å²) in [5, 5.41) is 2.75. The Balaban J connectivity index is 2.54. The van der Waals surface area contributed by atoms with Crippen molar-refractivity contribution < 1.29 is 4.79 Å². The average Bonchev–Trinajstić information content (AvgIpc) is 2.43. The molecule has 0 aliphatic heterocycles. The normalized spacial score (nSPS) is 10.6. The molecule has 0 saturated carbocycles.